The van der Waals surface area contributed by atoms with Crippen LogP contribution in [-0.4, -0.2) is 25.6 Å². The van der Waals surface area contributed by atoms with Crippen molar-refractivity contribution in [3.05, 3.63) is 18.2 Å². The van der Waals surface area contributed by atoms with Crippen molar-refractivity contribution < 1.29 is 9.53 Å². The average Bonchev–Trinajstić information content (AvgIpc) is 2.42. The summed E-state index contributed by atoms with van der Waals surface area (Å²) < 4.78 is 5.53. The van der Waals surface area contributed by atoms with Gasteiger partial charge in [0.15, 0.2) is 0 Å². The second-order valence-corrected chi connectivity index (χ2v) is 5.26. The normalized spacial score (nSPS) is 16.1. The van der Waals surface area contributed by atoms with Gasteiger partial charge in [-0.1, -0.05) is 0 Å². The lowest BCUT2D eigenvalue weighted by molar-refractivity contribution is -0.119. The molecule has 0 radical (unpaired) electrons. The SMILES string of the molecule is CCOc1cc(N2CCC(CC(N)=O)CC2)ccc1N. The number of anilines is 2. The first-order valence-electron chi connectivity index (χ1n) is 7.15. The second kappa shape index (κ2) is 6.50. The number of primary amides is 1. The Kier molecular flexibility index (Phi) is 4.71. The van der Waals surface area contributed by atoms with Gasteiger partial charge in [0.25, 0.3) is 0 Å². The van der Waals surface area contributed by atoms with E-state index in [9.17, 15) is 4.79 Å². The lowest BCUT2D eigenvalue weighted by Gasteiger charge is -2.33. The number of piperidine rings is 1. The van der Waals surface area contributed by atoms with Crippen LogP contribution in [0.1, 0.15) is 26.2 Å². The number of hydrogen-bond donors (Lipinski definition) is 2. The molecule has 2 rings (SSSR count). The van der Waals surface area contributed by atoms with Crippen LogP contribution >= 0.6 is 0 Å². The Hall–Kier alpha value is -1.91. The van der Waals surface area contributed by atoms with Gasteiger partial charge in [0.1, 0.15) is 5.75 Å². The lowest BCUT2D eigenvalue weighted by atomic mass is 9.93. The fraction of sp³-hybridized carbons (Fsp3) is 0.533. The monoisotopic (exact) mass is 277 g/mol. The summed E-state index contributed by atoms with van der Waals surface area (Å²) in [6.07, 6.45) is 2.49. The molecular formula is C15H23N3O2. The van der Waals surface area contributed by atoms with Crippen LogP contribution in [0.2, 0.25) is 0 Å². The maximum Gasteiger partial charge on any atom is 0.217 e. The zero-order chi connectivity index (χ0) is 14.5. The highest BCUT2D eigenvalue weighted by Gasteiger charge is 2.21. The number of hydrogen-bond acceptors (Lipinski definition) is 4. The third-order valence-corrected chi connectivity index (χ3v) is 3.77. The summed E-state index contributed by atoms with van der Waals surface area (Å²) in [4.78, 5) is 13.3. The number of amides is 1. The number of rotatable bonds is 5. The highest BCUT2D eigenvalue weighted by atomic mass is 16.5. The van der Waals surface area contributed by atoms with E-state index in [1.165, 1.54) is 0 Å². The van der Waals surface area contributed by atoms with Crippen LogP contribution in [0, 0.1) is 5.92 Å². The second-order valence-electron chi connectivity index (χ2n) is 5.26. The molecule has 0 aliphatic carbocycles. The molecule has 0 saturated carbocycles. The number of ether oxygens (including phenoxy) is 1. The van der Waals surface area contributed by atoms with E-state index in [4.69, 9.17) is 16.2 Å². The Morgan fingerprint density at radius 2 is 2.10 bits per heavy atom. The van der Waals surface area contributed by atoms with Gasteiger partial charge in [-0.25, -0.2) is 0 Å². The molecule has 5 nitrogen and oxygen atoms in total. The molecule has 1 amide bonds. The number of carbonyl (C=O) groups excluding carboxylic acids is 1. The summed E-state index contributed by atoms with van der Waals surface area (Å²) in [6.45, 7) is 4.43. The minimum atomic E-state index is -0.199. The van der Waals surface area contributed by atoms with Crippen molar-refractivity contribution in [3.8, 4) is 5.75 Å². The van der Waals surface area contributed by atoms with E-state index in [0.717, 1.165) is 37.4 Å². The van der Waals surface area contributed by atoms with E-state index in [1.807, 2.05) is 25.1 Å². The molecule has 20 heavy (non-hydrogen) atoms. The molecule has 1 saturated heterocycles. The van der Waals surface area contributed by atoms with E-state index in [1.54, 1.807) is 0 Å². The van der Waals surface area contributed by atoms with Crippen LogP contribution in [-0.2, 0) is 4.79 Å². The van der Waals surface area contributed by atoms with Gasteiger partial charge in [-0.05, 0) is 37.8 Å². The molecule has 1 fully saturated rings. The Balaban J connectivity index is 1.99. The van der Waals surface area contributed by atoms with Gasteiger partial charge in [0.05, 0.1) is 12.3 Å². The van der Waals surface area contributed by atoms with Crippen molar-refractivity contribution in [1.29, 1.82) is 0 Å². The zero-order valence-corrected chi connectivity index (χ0v) is 12.0. The molecule has 1 heterocycles. The molecule has 1 aromatic carbocycles. The molecule has 0 unspecified atom stereocenters. The fourth-order valence-corrected chi connectivity index (χ4v) is 2.68. The predicted octanol–water partition coefficient (Wildman–Crippen LogP) is 1.76. The van der Waals surface area contributed by atoms with Crippen molar-refractivity contribution in [3.63, 3.8) is 0 Å². The molecule has 1 aromatic rings. The Bertz CT molecular complexity index is 468. The molecule has 0 spiro atoms. The van der Waals surface area contributed by atoms with E-state index in [2.05, 4.69) is 4.90 Å². The molecular weight excluding hydrogens is 254 g/mol. The van der Waals surface area contributed by atoms with Crippen LogP contribution < -0.4 is 21.1 Å². The molecule has 1 aliphatic rings. The van der Waals surface area contributed by atoms with Crippen molar-refractivity contribution >= 4 is 17.3 Å². The quantitative estimate of drug-likeness (QED) is 0.803. The topological polar surface area (TPSA) is 81.6 Å². The van der Waals surface area contributed by atoms with E-state index in [-0.39, 0.29) is 5.91 Å². The maximum atomic E-state index is 11.0. The Morgan fingerprint density at radius 1 is 1.40 bits per heavy atom. The minimum absolute atomic E-state index is 0.199. The van der Waals surface area contributed by atoms with Crippen molar-refractivity contribution in [2.24, 2.45) is 11.7 Å². The first-order valence-corrected chi connectivity index (χ1v) is 7.15. The minimum Gasteiger partial charge on any atom is -0.492 e. The van der Waals surface area contributed by atoms with Crippen LogP contribution in [0.4, 0.5) is 11.4 Å². The highest BCUT2D eigenvalue weighted by molar-refractivity contribution is 5.74. The molecule has 0 bridgehead atoms. The molecule has 0 atom stereocenters. The third-order valence-electron chi connectivity index (χ3n) is 3.77. The molecule has 4 N–H and O–H groups in total. The molecule has 110 valence electrons. The van der Waals surface area contributed by atoms with E-state index < -0.39 is 0 Å². The first-order chi connectivity index (χ1) is 9.60. The lowest BCUT2D eigenvalue weighted by Crippen LogP contribution is -2.35. The number of carbonyl (C=O) groups is 1. The zero-order valence-electron chi connectivity index (χ0n) is 12.0. The predicted molar refractivity (Wildman–Crippen MR) is 80.8 cm³/mol. The molecule has 5 heteroatoms. The number of nitrogens with zero attached hydrogens (tertiary/aromatic N) is 1. The van der Waals surface area contributed by atoms with Gasteiger partial charge < -0.3 is 21.1 Å². The van der Waals surface area contributed by atoms with Crippen LogP contribution in [0.5, 0.6) is 5.75 Å². The number of nitrogens with two attached hydrogens (primary N) is 2. The van der Waals surface area contributed by atoms with Gasteiger partial charge >= 0.3 is 0 Å². The standard InChI is InChI=1S/C15H23N3O2/c1-2-20-14-10-12(3-4-13(14)16)18-7-5-11(6-8-18)9-15(17)19/h3-4,10-11H,2,5-9,16H2,1H3,(H2,17,19). The average molecular weight is 277 g/mol. The van der Waals surface area contributed by atoms with Gasteiger partial charge in [-0.3, -0.25) is 4.79 Å². The Labute approximate surface area is 119 Å². The summed E-state index contributed by atoms with van der Waals surface area (Å²) >= 11 is 0. The summed E-state index contributed by atoms with van der Waals surface area (Å²) in [5.74, 6) is 0.961. The van der Waals surface area contributed by atoms with Crippen LogP contribution in [0.15, 0.2) is 18.2 Å². The third kappa shape index (κ3) is 3.56. The van der Waals surface area contributed by atoms with Gasteiger partial charge in [-0.15, -0.1) is 0 Å². The van der Waals surface area contributed by atoms with Gasteiger partial charge in [-0.2, -0.15) is 0 Å². The smallest absolute Gasteiger partial charge is 0.217 e. The van der Waals surface area contributed by atoms with Crippen molar-refractivity contribution in [2.45, 2.75) is 26.2 Å². The summed E-state index contributed by atoms with van der Waals surface area (Å²) in [7, 11) is 0. The summed E-state index contributed by atoms with van der Waals surface area (Å²) in [5, 5.41) is 0. The Morgan fingerprint density at radius 3 is 2.70 bits per heavy atom. The highest BCUT2D eigenvalue weighted by Crippen LogP contribution is 2.30. The van der Waals surface area contributed by atoms with Gasteiger partial charge in [0.2, 0.25) is 5.91 Å². The number of nitrogen functional groups attached to an aromatic ring is 1. The summed E-state index contributed by atoms with van der Waals surface area (Å²) in [6, 6.07) is 5.90. The maximum absolute atomic E-state index is 11.0. The molecule has 0 aromatic heterocycles. The van der Waals surface area contributed by atoms with Crippen LogP contribution in [0.3, 0.4) is 0 Å². The van der Waals surface area contributed by atoms with Crippen molar-refractivity contribution in [1.82, 2.24) is 0 Å². The van der Waals surface area contributed by atoms with E-state index >= 15 is 0 Å². The number of benzene rings is 1. The first kappa shape index (κ1) is 14.5. The van der Waals surface area contributed by atoms with E-state index in [0.29, 0.717) is 24.6 Å². The van der Waals surface area contributed by atoms with Crippen molar-refractivity contribution in [2.75, 3.05) is 30.3 Å². The summed E-state index contributed by atoms with van der Waals surface area (Å²) in [5.41, 5.74) is 12.9. The van der Waals surface area contributed by atoms with Crippen LogP contribution in [0.25, 0.3) is 0 Å². The largest absolute Gasteiger partial charge is 0.492 e. The molecule has 1 aliphatic heterocycles. The fourth-order valence-electron chi connectivity index (χ4n) is 2.68. The van der Waals surface area contributed by atoms with Gasteiger partial charge in [0, 0.05) is 31.3 Å².